The number of rotatable bonds is 0. The van der Waals surface area contributed by atoms with Crippen molar-refractivity contribution in [2.24, 2.45) is 0 Å². The summed E-state index contributed by atoms with van der Waals surface area (Å²) in [6, 6.07) is 8.48. The fraction of sp³-hybridized carbons (Fsp3) is 0.400. The Kier molecular flexibility index (Phi) is 6.24. The molecule has 0 radical (unpaired) electrons. The maximum absolute atomic E-state index is 3.15. The van der Waals surface area contributed by atoms with E-state index in [1.165, 1.54) is 11.1 Å². The number of aryl methyl sites for hydroxylation is 2. The lowest BCUT2D eigenvalue weighted by Gasteiger charge is -1.90. The van der Waals surface area contributed by atoms with Gasteiger partial charge in [-0.2, -0.15) is 0 Å². The lowest BCUT2D eigenvalue weighted by molar-refractivity contribution is 1.40. The molecule has 1 aromatic rings. The van der Waals surface area contributed by atoms with E-state index in [2.05, 4.69) is 54.0 Å². The highest BCUT2D eigenvalue weighted by molar-refractivity contribution is 9.09. The third-order valence-electron chi connectivity index (χ3n) is 1.22. The van der Waals surface area contributed by atoms with Crippen molar-refractivity contribution in [1.82, 2.24) is 0 Å². The molecule has 0 nitrogen and oxygen atoms in total. The Morgan fingerprint density at radius 2 is 1.18 bits per heavy atom. The molecule has 0 aliphatic rings. The molecule has 0 aliphatic heterocycles. The molecule has 0 saturated carbocycles. The Hall–Kier alpha value is -0.300. The third kappa shape index (κ3) is 6.11. The lowest BCUT2D eigenvalue weighted by atomic mass is 10.2. The smallest absolute Gasteiger partial charge is 0.000281 e. The Labute approximate surface area is 77.8 Å². The molecule has 0 amide bonds. The fourth-order valence-corrected chi connectivity index (χ4v) is 0.637. The maximum Gasteiger partial charge on any atom is 0.000281 e. The lowest BCUT2D eigenvalue weighted by Crippen LogP contribution is -1.70. The van der Waals surface area contributed by atoms with Crippen LogP contribution in [0.3, 0.4) is 0 Å². The van der Waals surface area contributed by atoms with E-state index in [4.69, 9.17) is 0 Å². The summed E-state index contributed by atoms with van der Waals surface area (Å²) in [5.74, 6) is 0. The van der Waals surface area contributed by atoms with Gasteiger partial charge in [-0.3, -0.25) is 0 Å². The molecule has 0 heterocycles. The van der Waals surface area contributed by atoms with Gasteiger partial charge in [0.2, 0.25) is 0 Å². The summed E-state index contributed by atoms with van der Waals surface area (Å²) in [7, 11) is 0. The van der Waals surface area contributed by atoms with Gasteiger partial charge in [-0.05, 0) is 13.8 Å². The molecular formula is C10H15Br. The second-order valence-corrected chi connectivity index (χ2v) is 3.54. The van der Waals surface area contributed by atoms with Gasteiger partial charge in [0, 0.05) is 5.33 Å². The summed E-state index contributed by atoms with van der Waals surface area (Å²) in [6.07, 6.45) is 0. The van der Waals surface area contributed by atoms with Crippen molar-refractivity contribution < 1.29 is 0 Å². The Balaban J connectivity index is 0.000000292. The highest BCUT2D eigenvalue weighted by Crippen LogP contribution is 1.99. The van der Waals surface area contributed by atoms with Crippen LogP contribution in [0.5, 0.6) is 0 Å². The van der Waals surface area contributed by atoms with Gasteiger partial charge in [0.05, 0.1) is 0 Å². The van der Waals surface area contributed by atoms with Crippen LogP contribution >= 0.6 is 15.9 Å². The van der Waals surface area contributed by atoms with Crippen molar-refractivity contribution in [3.8, 4) is 0 Å². The standard InChI is InChI=1S/C8H10.C2H5Br/c1-7-3-5-8(2)6-4-7;1-2-3/h3-6H,1-2H3;2H2,1H3. The summed E-state index contributed by atoms with van der Waals surface area (Å²) < 4.78 is 0. The monoisotopic (exact) mass is 214 g/mol. The molecule has 11 heavy (non-hydrogen) atoms. The fourth-order valence-electron chi connectivity index (χ4n) is 0.637. The predicted octanol–water partition coefficient (Wildman–Crippen LogP) is 3.70. The Bertz CT molecular complexity index is 156. The summed E-state index contributed by atoms with van der Waals surface area (Å²) in [6.45, 7) is 6.24. The largest absolute Gasteiger partial charge is 0.0931 e. The van der Waals surface area contributed by atoms with Crippen molar-refractivity contribution in [3.63, 3.8) is 0 Å². The van der Waals surface area contributed by atoms with E-state index < -0.39 is 0 Å². The van der Waals surface area contributed by atoms with Crippen molar-refractivity contribution in [2.75, 3.05) is 5.33 Å². The molecule has 0 saturated heterocycles. The SMILES string of the molecule is CCBr.Cc1ccc(C)cc1. The normalized spacial score (nSPS) is 8.36. The van der Waals surface area contributed by atoms with E-state index in [-0.39, 0.29) is 0 Å². The van der Waals surface area contributed by atoms with Crippen LogP contribution in [0.15, 0.2) is 24.3 Å². The first kappa shape index (κ1) is 10.7. The number of hydrogen-bond acceptors (Lipinski definition) is 0. The van der Waals surface area contributed by atoms with Crippen LogP contribution in [-0.4, -0.2) is 5.33 Å². The van der Waals surface area contributed by atoms with Crippen LogP contribution < -0.4 is 0 Å². The molecule has 0 aliphatic carbocycles. The van der Waals surface area contributed by atoms with Crippen molar-refractivity contribution in [3.05, 3.63) is 35.4 Å². The molecule has 62 valence electrons. The zero-order valence-electron chi connectivity index (χ0n) is 7.39. The van der Waals surface area contributed by atoms with Gasteiger partial charge in [0.1, 0.15) is 0 Å². The summed E-state index contributed by atoms with van der Waals surface area (Å²) in [5.41, 5.74) is 2.66. The Morgan fingerprint density at radius 1 is 1.00 bits per heavy atom. The molecule has 1 rings (SSSR count). The topological polar surface area (TPSA) is 0 Å². The molecule has 0 aromatic heterocycles. The highest BCUT2D eigenvalue weighted by atomic mass is 79.9. The summed E-state index contributed by atoms with van der Waals surface area (Å²) in [4.78, 5) is 0. The highest BCUT2D eigenvalue weighted by Gasteiger charge is 1.79. The number of halogens is 1. The van der Waals surface area contributed by atoms with Crippen LogP contribution in [-0.2, 0) is 0 Å². The van der Waals surface area contributed by atoms with Gasteiger partial charge in [-0.15, -0.1) is 0 Å². The first-order valence-corrected chi connectivity index (χ1v) is 4.92. The second-order valence-electron chi connectivity index (χ2n) is 2.42. The maximum atomic E-state index is 3.15. The van der Waals surface area contributed by atoms with Gasteiger partial charge in [0.25, 0.3) is 0 Å². The molecule has 1 heteroatoms. The molecule has 1 aromatic carbocycles. The molecule has 0 N–H and O–H groups in total. The summed E-state index contributed by atoms with van der Waals surface area (Å²) >= 11 is 3.15. The first-order valence-electron chi connectivity index (χ1n) is 3.80. The molecule has 0 unspecified atom stereocenters. The number of hydrogen-bond donors (Lipinski definition) is 0. The van der Waals surface area contributed by atoms with Gasteiger partial charge >= 0.3 is 0 Å². The zero-order chi connectivity index (χ0) is 8.69. The number of alkyl halides is 1. The van der Waals surface area contributed by atoms with E-state index in [0.29, 0.717) is 0 Å². The minimum atomic E-state index is 1.06. The Morgan fingerprint density at radius 3 is 1.36 bits per heavy atom. The minimum Gasteiger partial charge on any atom is -0.0931 e. The summed E-state index contributed by atoms with van der Waals surface area (Å²) in [5, 5.41) is 1.06. The van der Waals surface area contributed by atoms with Crippen LogP contribution in [0.25, 0.3) is 0 Å². The zero-order valence-corrected chi connectivity index (χ0v) is 8.98. The van der Waals surface area contributed by atoms with E-state index in [1.807, 2.05) is 6.92 Å². The third-order valence-corrected chi connectivity index (χ3v) is 1.22. The second kappa shape index (κ2) is 6.41. The van der Waals surface area contributed by atoms with Crippen LogP contribution in [0.1, 0.15) is 18.1 Å². The van der Waals surface area contributed by atoms with E-state index in [1.54, 1.807) is 0 Å². The van der Waals surface area contributed by atoms with Gasteiger partial charge in [-0.25, -0.2) is 0 Å². The molecule has 0 fully saturated rings. The van der Waals surface area contributed by atoms with E-state index in [0.717, 1.165) is 5.33 Å². The molecule has 0 spiro atoms. The van der Waals surface area contributed by atoms with Gasteiger partial charge < -0.3 is 0 Å². The van der Waals surface area contributed by atoms with Crippen molar-refractivity contribution in [2.45, 2.75) is 20.8 Å². The van der Waals surface area contributed by atoms with E-state index in [9.17, 15) is 0 Å². The molecule has 0 atom stereocenters. The van der Waals surface area contributed by atoms with Crippen molar-refractivity contribution >= 4 is 15.9 Å². The van der Waals surface area contributed by atoms with Crippen molar-refractivity contribution in [1.29, 1.82) is 0 Å². The van der Waals surface area contributed by atoms with Gasteiger partial charge in [0.15, 0.2) is 0 Å². The van der Waals surface area contributed by atoms with E-state index >= 15 is 0 Å². The van der Waals surface area contributed by atoms with Gasteiger partial charge in [-0.1, -0.05) is 58.2 Å². The first-order chi connectivity index (χ1) is 5.20. The van der Waals surface area contributed by atoms with Crippen LogP contribution in [0.4, 0.5) is 0 Å². The van der Waals surface area contributed by atoms with Crippen LogP contribution in [0, 0.1) is 13.8 Å². The quantitative estimate of drug-likeness (QED) is 0.579. The number of benzene rings is 1. The average molecular weight is 215 g/mol. The molecule has 0 bridgehead atoms. The average Bonchev–Trinajstić information content (AvgIpc) is 1.97. The predicted molar refractivity (Wildman–Crippen MR) is 55.4 cm³/mol. The van der Waals surface area contributed by atoms with Crippen LogP contribution in [0.2, 0.25) is 0 Å². The molecular weight excluding hydrogens is 200 g/mol. The minimum absolute atomic E-state index is 1.06.